The van der Waals surface area contributed by atoms with Crippen molar-refractivity contribution in [2.45, 2.75) is 20.8 Å². The number of hydrogen-bond donors (Lipinski definition) is 0. The molecule has 2 rings (SSSR count). The summed E-state index contributed by atoms with van der Waals surface area (Å²) in [4.78, 5) is 13.9. The van der Waals surface area contributed by atoms with Gasteiger partial charge in [0.05, 0.1) is 4.88 Å². The van der Waals surface area contributed by atoms with Crippen molar-refractivity contribution in [1.82, 2.24) is 0 Å². The molecule has 0 saturated carbocycles. The van der Waals surface area contributed by atoms with Crippen molar-refractivity contribution in [2.24, 2.45) is 0 Å². The molecule has 0 unspecified atom stereocenters. The van der Waals surface area contributed by atoms with Gasteiger partial charge in [-0.25, -0.2) is 4.39 Å². The SMILES string of the molecule is Cc1ccc(C(=O)c2cc(C)c(C)s2)cc1F. The van der Waals surface area contributed by atoms with E-state index in [0.717, 1.165) is 10.4 Å². The lowest BCUT2D eigenvalue weighted by molar-refractivity contribution is 0.104. The molecule has 0 amide bonds. The average molecular weight is 248 g/mol. The first-order valence-electron chi connectivity index (χ1n) is 5.37. The van der Waals surface area contributed by atoms with Crippen molar-refractivity contribution in [3.8, 4) is 0 Å². The van der Waals surface area contributed by atoms with Gasteiger partial charge < -0.3 is 0 Å². The van der Waals surface area contributed by atoms with Gasteiger partial charge in [-0.1, -0.05) is 12.1 Å². The number of halogens is 1. The molecular formula is C14H13FOS. The lowest BCUT2D eigenvalue weighted by Gasteiger charge is -2.00. The average Bonchev–Trinajstić information content (AvgIpc) is 2.62. The van der Waals surface area contributed by atoms with Crippen LogP contribution in [0.5, 0.6) is 0 Å². The van der Waals surface area contributed by atoms with Gasteiger partial charge in [-0.3, -0.25) is 4.79 Å². The molecule has 0 aliphatic heterocycles. The van der Waals surface area contributed by atoms with Crippen LogP contribution in [0.25, 0.3) is 0 Å². The molecule has 0 aliphatic rings. The van der Waals surface area contributed by atoms with Crippen LogP contribution in [0.2, 0.25) is 0 Å². The molecule has 0 saturated heterocycles. The van der Waals surface area contributed by atoms with Crippen molar-refractivity contribution in [3.05, 3.63) is 56.5 Å². The predicted octanol–water partition coefficient (Wildman–Crippen LogP) is 4.04. The third-order valence-electron chi connectivity index (χ3n) is 2.82. The number of ketones is 1. The van der Waals surface area contributed by atoms with E-state index in [-0.39, 0.29) is 11.6 Å². The minimum Gasteiger partial charge on any atom is -0.288 e. The van der Waals surface area contributed by atoms with Crippen molar-refractivity contribution in [1.29, 1.82) is 0 Å². The van der Waals surface area contributed by atoms with E-state index in [1.807, 2.05) is 19.9 Å². The Labute approximate surface area is 104 Å². The van der Waals surface area contributed by atoms with Gasteiger partial charge in [0.1, 0.15) is 5.82 Å². The Kier molecular flexibility index (Phi) is 3.11. The molecule has 1 aromatic heterocycles. The number of rotatable bonds is 2. The highest BCUT2D eigenvalue weighted by molar-refractivity contribution is 7.14. The smallest absolute Gasteiger partial charge is 0.203 e. The van der Waals surface area contributed by atoms with Crippen LogP contribution < -0.4 is 0 Å². The lowest BCUT2D eigenvalue weighted by atomic mass is 10.1. The Balaban J connectivity index is 2.40. The van der Waals surface area contributed by atoms with Gasteiger partial charge in [0, 0.05) is 10.4 Å². The van der Waals surface area contributed by atoms with Crippen LogP contribution in [-0.4, -0.2) is 5.78 Å². The van der Waals surface area contributed by atoms with Crippen LogP contribution in [0.15, 0.2) is 24.3 Å². The van der Waals surface area contributed by atoms with E-state index in [9.17, 15) is 9.18 Å². The summed E-state index contributed by atoms with van der Waals surface area (Å²) in [5.74, 6) is -0.439. The van der Waals surface area contributed by atoms with Crippen LogP contribution in [0.3, 0.4) is 0 Å². The summed E-state index contributed by atoms with van der Waals surface area (Å²) in [6, 6.07) is 6.48. The number of benzene rings is 1. The van der Waals surface area contributed by atoms with Crippen molar-refractivity contribution in [3.63, 3.8) is 0 Å². The molecular weight excluding hydrogens is 235 g/mol. The van der Waals surface area contributed by atoms with Crippen molar-refractivity contribution in [2.75, 3.05) is 0 Å². The predicted molar refractivity (Wildman–Crippen MR) is 68.4 cm³/mol. The zero-order valence-corrected chi connectivity index (χ0v) is 10.8. The number of hydrogen-bond acceptors (Lipinski definition) is 2. The summed E-state index contributed by atoms with van der Waals surface area (Å²) in [7, 11) is 0. The lowest BCUT2D eigenvalue weighted by Crippen LogP contribution is -1.99. The first kappa shape index (κ1) is 12.0. The zero-order chi connectivity index (χ0) is 12.6. The van der Waals surface area contributed by atoms with E-state index in [2.05, 4.69) is 0 Å². The minimum atomic E-state index is -0.333. The van der Waals surface area contributed by atoms with Crippen LogP contribution in [0.1, 0.15) is 31.2 Å². The summed E-state index contributed by atoms with van der Waals surface area (Å²) >= 11 is 1.46. The maximum Gasteiger partial charge on any atom is 0.203 e. The molecule has 1 heterocycles. The van der Waals surface area contributed by atoms with Crippen molar-refractivity contribution < 1.29 is 9.18 Å². The highest BCUT2D eigenvalue weighted by Gasteiger charge is 2.14. The first-order valence-corrected chi connectivity index (χ1v) is 6.18. The Morgan fingerprint density at radius 2 is 1.82 bits per heavy atom. The topological polar surface area (TPSA) is 17.1 Å². The van der Waals surface area contributed by atoms with E-state index < -0.39 is 0 Å². The fraction of sp³-hybridized carbons (Fsp3) is 0.214. The van der Waals surface area contributed by atoms with E-state index >= 15 is 0 Å². The first-order chi connectivity index (χ1) is 7.99. The maximum atomic E-state index is 13.4. The fourth-order valence-electron chi connectivity index (χ4n) is 1.56. The molecule has 2 aromatic rings. The monoisotopic (exact) mass is 248 g/mol. The molecule has 0 spiro atoms. The van der Waals surface area contributed by atoms with Gasteiger partial charge in [-0.15, -0.1) is 11.3 Å². The third kappa shape index (κ3) is 2.29. The fourth-order valence-corrected chi connectivity index (χ4v) is 2.56. The number of thiophene rings is 1. The molecule has 88 valence electrons. The van der Waals surface area contributed by atoms with Crippen LogP contribution in [0, 0.1) is 26.6 Å². The molecule has 0 atom stereocenters. The van der Waals surface area contributed by atoms with E-state index in [1.54, 1.807) is 19.1 Å². The second kappa shape index (κ2) is 4.41. The highest BCUT2D eigenvalue weighted by Crippen LogP contribution is 2.23. The zero-order valence-electron chi connectivity index (χ0n) is 10.0. The number of carbonyl (C=O) groups excluding carboxylic acids is 1. The molecule has 0 N–H and O–H groups in total. The van der Waals surface area contributed by atoms with Crippen LogP contribution >= 0.6 is 11.3 Å². The second-order valence-electron chi connectivity index (χ2n) is 4.14. The number of aryl methyl sites for hydroxylation is 3. The third-order valence-corrected chi connectivity index (χ3v) is 3.98. The summed E-state index contributed by atoms with van der Waals surface area (Å²) in [6.07, 6.45) is 0. The highest BCUT2D eigenvalue weighted by atomic mass is 32.1. The van der Waals surface area contributed by atoms with E-state index in [1.165, 1.54) is 17.4 Å². The molecule has 17 heavy (non-hydrogen) atoms. The number of carbonyl (C=O) groups is 1. The van der Waals surface area contributed by atoms with Gasteiger partial charge >= 0.3 is 0 Å². The summed E-state index contributed by atoms with van der Waals surface area (Å²) in [5.41, 5.74) is 2.07. The maximum absolute atomic E-state index is 13.4. The Hall–Kier alpha value is -1.48. The molecule has 0 aliphatic carbocycles. The van der Waals surface area contributed by atoms with Crippen LogP contribution in [0.4, 0.5) is 4.39 Å². The van der Waals surface area contributed by atoms with Crippen LogP contribution in [-0.2, 0) is 0 Å². The van der Waals surface area contributed by atoms with Gasteiger partial charge in [0.15, 0.2) is 0 Å². The molecule has 1 aromatic carbocycles. The summed E-state index contributed by atoms with van der Waals surface area (Å²) < 4.78 is 13.4. The van der Waals surface area contributed by atoms with E-state index in [0.29, 0.717) is 16.0 Å². The molecule has 0 radical (unpaired) electrons. The molecule has 0 fully saturated rings. The molecule has 1 nitrogen and oxygen atoms in total. The Morgan fingerprint density at radius 3 is 2.35 bits per heavy atom. The van der Waals surface area contributed by atoms with Gasteiger partial charge in [-0.05, 0) is 44.0 Å². The summed E-state index contributed by atoms with van der Waals surface area (Å²) in [5, 5.41) is 0. The summed E-state index contributed by atoms with van der Waals surface area (Å²) in [6.45, 7) is 5.63. The Bertz CT molecular complexity index is 564. The van der Waals surface area contributed by atoms with Gasteiger partial charge in [-0.2, -0.15) is 0 Å². The Morgan fingerprint density at radius 1 is 1.12 bits per heavy atom. The van der Waals surface area contributed by atoms with Gasteiger partial charge in [0.25, 0.3) is 0 Å². The van der Waals surface area contributed by atoms with Crippen molar-refractivity contribution >= 4 is 17.1 Å². The molecule has 3 heteroatoms. The van der Waals surface area contributed by atoms with Gasteiger partial charge in [0.2, 0.25) is 5.78 Å². The largest absolute Gasteiger partial charge is 0.288 e. The quantitative estimate of drug-likeness (QED) is 0.733. The molecule has 0 bridgehead atoms. The standard InChI is InChI=1S/C14H13FOS/c1-8-4-5-11(7-12(8)15)14(16)13-6-9(2)10(3)17-13/h4-7H,1-3H3. The second-order valence-corrected chi connectivity index (χ2v) is 5.40. The van der Waals surface area contributed by atoms with E-state index in [4.69, 9.17) is 0 Å². The normalized spacial score (nSPS) is 10.6. The minimum absolute atomic E-state index is 0.106.